The van der Waals surface area contributed by atoms with Crippen LogP contribution in [0.5, 0.6) is 11.5 Å². The van der Waals surface area contributed by atoms with Gasteiger partial charge < -0.3 is 10.5 Å². The molecule has 0 heterocycles. The molecule has 0 bridgehead atoms. The first-order chi connectivity index (χ1) is 8.97. The van der Waals surface area contributed by atoms with Crippen molar-refractivity contribution in [2.75, 3.05) is 5.73 Å². The Hall–Kier alpha value is -1.62. The molecule has 0 aliphatic carbocycles. The van der Waals surface area contributed by atoms with Gasteiger partial charge in [-0.1, -0.05) is 22.0 Å². The van der Waals surface area contributed by atoms with Crippen molar-refractivity contribution >= 4 is 21.6 Å². The smallest absolute Gasteiger partial charge is 0.267 e. The second kappa shape index (κ2) is 5.57. The lowest BCUT2D eigenvalue weighted by atomic mass is 10.1. The molecule has 2 aromatic rings. The predicted molar refractivity (Wildman–Crippen MR) is 74.8 cm³/mol. The maximum absolute atomic E-state index is 12.9. The molecule has 0 aliphatic rings. The topological polar surface area (TPSA) is 35.2 Å². The number of hydrogen-bond donors (Lipinski definition) is 1. The maximum Gasteiger partial charge on any atom is 0.267 e. The Morgan fingerprint density at radius 3 is 2.53 bits per heavy atom. The number of ether oxygens (including phenoxy) is 1. The first-order valence-corrected chi connectivity index (χ1v) is 6.38. The van der Waals surface area contributed by atoms with Gasteiger partial charge in [-0.2, -0.15) is 0 Å². The molecular formula is C14H12BrF2NO. The molecule has 0 atom stereocenters. The monoisotopic (exact) mass is 327 g/mol. The summed E-state index contributed by atoms with van der Waals surface area (Å²) < 4.78 is 32.3. The van der Waals surface area contributed by atoms with E-state index in [1.807, 2.05) is 19.1 Å². The molecule has 5 heteroatoms. The van der Waals surface area contributed by atoms with Crippen LogP contribution in [0.2, 0.25) is 0 Å². The van der Waals surface area contributed by atoms with E-state index in [2.05, 4.69) is 15.9 Å². The van der Waals surface area contributed by atoms with Crippen molar-refractivity contribution in [1.29, 1.82) is 0 Å². The zero-order valence-corrected chi connectivity index (χ0v) is 11.7. The molecule has 2 N–H and O–H groups in total. The van der Waals surface area contributed by atoms with Gasteiger partial charge in [0, 0.05) is 10.2 Å². The third-order valence-electron chi connectivity index (χ3n) is 2.64. The van der Waals surface area contributed by atoms with E-state index in [9.17, 15) is 8.78 Å². The Balaban J connectivity index is 2.40. The van der Waals surface area contributed by atoms with Gasteiger partial charge in [0.15, 0.2) is 0 Å². The van der Waals surface area contributed by atoms with Gasteiger partial charge in [-0.15, -0.1) is 0 Å². The van der Waals surface area contributed by atoms with Gasteiger partial charge >= 0.3 is 0 Å². The van der Waals surface area contributed by atoms with Crippen LogP contribution in [0.1, 0.15) is 17.6 Å². The molecular weight excluding hydrogens is 316 g/mol. The standard InChI is InChI=1S/C14H12BrF2NO/c1-8-2-3-9(15)6-13(8)19-12-5-4-10(18)7-11(12)14(16)17/h2-7,14H,18H2,1H3. The number of anilines is 1. The lowest BCUT2D eigenvalue weighted by molar-refractivity contribution is 0.148. The lowest BCUT2D eigenvalue weighted by Gasteiger charge is -2.13. The average molecular weight is 328 g/mol. The normalized spacial score (nSPS) is 10.8. The summed E-state index contributed by atoms with van der Waals surface area (Å²) in [4.78, 5) is 0. The van der Waals surface area contributed by atoms with E-state index in [1.165, 1.54) is 18.2 Å². The summed E-state index contributed by atoms with van der Waals surface area (Å²) in [7, 11) is 0. The maximum atomic E-state index is 12.9. The summed E-state index contributed by atoms with van der Waals surface area (Å²) in [5, 5.41) is 0. The van der Waals surface area contributed by atoms with Crippen LogP contribution in [0.4, 0.5) is 14.5 Å². The molecule has 100 valence electrons. The molecule has 0 saturated heterocycles. The number of halogens is 3. The van der Waals surface area contributed by atoms with Crippen LogP contribution >= 0.6 is 15.9 Å². The lowest BCUT2D eigenvalue weighted by Crippen LogP contribution is -1.96. The number of nitrogens with two attached hydrogens (primary N) is 1. The summed E-state index contributed by atoms with van der Waals surface area (Å²) in [6.45, 7) is 1.85. The van der Waals surface area contributed by atoms with Crippen LogP contribution in [-0.4, -0.2) is 0 Å². The third-order valence-corrected chi connectivity index (χ3v) is 3.13. The summed E-state index contributed by atoms with van der Waals surface area (Å²) in [6, 6.07) is 9.66. The van der Waals surface area contributed by atoms with Crippen LogP contribution in [-0.2, 0) is 0 Å². The molecule has 0 aromatic heterocycles. The Morgan fingerprint density at radius 2 is 1.84 bits per heavy atom. The van der Waals surface area contributed by atoms with E-state index in [-0.39, 0.29) is 17.0 Å². The number of benzene rings is 2. The van der Waals surface area contributed by atoms with E-state index in [4.69, 9.17) is 10.5 Å². The van der Waals surface area contributed by atoms with Crippen LogP contribution in [0.3, 0.4) is 0 Å². The first-order valence-electron chi connectivity index (χ1n) is 5.59. The highest BCUT2D eigenvalue weighted by Crippen LogP contribution is 2.35. The zero-order chi connectivity index (χ0) is 14.0. The molecule has 0 spiro atoms. The Bertz CT molecular complexity index is 602. The fourth-order valence-corrected chi connectivity index (χ4v) is 1.97. The minimum atomic E-state index is -2.63. The minimum Gasteiger partial charge on any atom is -0.457 e. The molecule has 19 heavy (non-hydrogen) atoms. The molecule has 0 saturated carbocycles. The predicted octanol–water partition coefficient (Wildman–Crippen LogP) is 5.07. The molecule has 0 radical (unpaired) electrons. The van der Waals surface area contributed by atoms with Crippen molar-refractivity contribution in [3.8, 4) is 11.5 Å². The first kappa shape index (κ1) is 13.8. The van der Waals surface area contributed by atoms with Gasteiger partial charge in [0.2, 0.25) is 0 Å². The highest BCUT2D eigenvalue weighted by Gasteiger charge is 2.16. The largest absolute Gasteiger partial charge is 0.457 e. The fourth-order valence-electron chi connectivity index (χ4n) is 1.63. The van der Waals surface area contributed by atoms with Crippen molar-refractivity contribution < 1.29 is 13.5 Å². The second-order valence-corrected chi connectivity index (χ2v) is 5.03. The third kappa shape index (κ3) is 3.23. The van der Waals surface area contributed by atoms with E-state index in [0.717, 1.165) is 10.0 Å². The Kier molecular flexibility index (Phi) is 4.04. The number of hydrogen-bond acceptors (Lipinski definition) is 2. The summed E-state index contributed by atoms with van der Waals surface area (Å²) in [5.74, 6) is 0.645. The van der Waals surface area contributed by atoms with Crippen molar-refractivity contribution in [3.05, 3.63) is 52.0 Å². The van der Waals surface area contributed by atoms with E-state index in [0.29, 0.717) is 5.75 Å². The SMILES string of the molecule is Cc1ccc(Br)cc1Oc1ccc(N)cc1C(F)F. The number of nitrogen functional groups attached to an aromatic ring is 1. The number of rotatable bonds is 3. The minimum absolute atomic E-state index is 0.116. The van der Waals surface area contributed by atoms with Gasteiger partial charge in [0.05, 0.1) is 5.56 Å². The van der Waals surface area contributed by atoms with E-state index in [1.54, 1.807) is 6.07 Å². The van der Waals surface area contributed by atoms with Crippen molar-refractivity contribution in [3.63, 3.8) is 0 Å². The molecule has 0 unspecified atom stereocenters. The fraction of sp³-hybridized carbons (Fsp3) is 0.143. The number of aryl methyl sites for hydroxylation is 1. The summed E-state index contributed by atoms with van der Waals surface area (Å²) in [6.07, 6.45) is -2.63. The average Bonchev–Trinajstić information content (AvgIpc) is 2.35. The molecule has 0 amide bonds. The van der Waals surface area contributed by atoms with E-state index >= 15 is 0 Å². The number of alkyl halides is 2. The Morgan fingerprint density at radius 1 is 1.11 bits per heavy atom. The van der Waals surface area contributed by atoms with Gasteiger partial charge in [-0.05, 0) is 42.8 Å². The molecule has 0 aliphatic heterocycles. The van der Waals surface area contributed by atoms with Crippen molar-refractivity contribution in [1.82, 2.24) is 0 Å². The van der Waals surface area contributed by atoms with Gasteiger partial charge in [-0.25, -0.2) is 8.78 Å². The molecule has 2 nitrogen and oxygen atoms in total. The second-order valence-electron chi connectivity index (χ2n) is 4.11. The Labute approximate surface area is 118 Å². The van der Waals surface area contributed by atoms with Crippen LogP contribution < -0.4 is 10.5 Å². The molecule has 2 rings (SSSR count). The van der Waals surface area contributed by atoms with Crippen LogP contribution in [0.15, 0.2) is 40.9 Å². The summed E-state index contributed by atoms with van der Waals surface area (Å²) >= 11 is 3.32. The van der Waals surface area contributed by atoms with Crippen molar-refractivity contribution in [2.24, 2.45) is 0 Å². The van der Waals surface area contributed by atoms with Crippen molar-refractivity contribution in [2.45, 2.75) is 13.3 Å². The van der Waals surface area contributed by atoms with E-state index < -0.39 is 6.43 Å². The summed E-state index contributed by atoms with van der Waals surface area (Å²) in [5.41, 5.74) is 6.45. The van der Waals surface area contributed by atoms with Crippen LogP contribution in [0.25, 0.3) is 0 Å². The zero-order valence-electron chi connectivity index (χ0n) is 10.2. The van der Waals surface area contributed by atoms with Gasteiger partial charge in [0.1, 0.15) is 11.5 Å². The molecule has 0 fully saturated rings. The van der Waals surface area contributed by atoms with Gasteiger partial charge in [0.25, 0.3) is 6.43 Å². The highest BCUT2D eigenvalue weighted by atomic mass is 79.9. The quantitative estimate of drug-likeness (QED) is 0.799. The van der Waals surface area contributed by atoms with Gasteiger partial charge in [-0.3, -0.25) is 0 Å². The van der Waals surface area contributed by atoms with Crippen LogP contribution in [0, 0.1) is 6.92 Å². The molecule has 2 aromatic carbocycles. The highest BCUT2D eigenvalue weighted by molar-refractivity contribution is 9.10.